The molecule has 0 aliphatic carbocycles. The van der Waals surface area contributed by atoms with Crippen molar-refractivity contribution in [2.75, 3.05) is 5.75 Å². The maximum Gasteiger partial charge on any atom is 0.180 e. The molecule has 1 unspecified atom stereocenters. The van der Waals surface area contributed by atoms with Gasteiger partial charge in [-0.1, -0.05) is 19.1 Å². The summed E-state index contributed by atoms with van der Waals surface area (Å²) in [5.41, 5.74) is -0.167. The lowest BCUT2D eigenvalue weighted by atomic mass is 10.1. The third kappa shape index (κ3) is 3.36. The summed E-state index contributed by atoms with van der Waals surface area (Å²) < 4.78 is 36.7. The van der Waals surface area contributed by atoms with Crippen molar-refractivity contribution in [3.05, 3.63) is 35.6 Å². The second-order valence-corrected chi connectivity index (χ2v) is 6.35. The average Bonchev–Trinajstić information content (AvgIpc) is 2.27. The third-order valence-corrected chi connectivity index (χ3v) is 4.92. The minimum absolute atomic E-state index is 0.167. The van der Waals surface area contributed by atoms with Crippen molar-refractivity contribution >= 4 is 15.6 Å². The van der Waals surface area contributed by atoms with Crippen LogP contribution in [-0.4, -0.2) is 25.2 Å². The minimum Gasteiger partial charge on any atom is -0.293 e. The number of halogens is 1. The van der Waals surface area contributed by atoms with Gasteiger partial charge >= 0.3 is 0 Å². The number of benzene rings is 1. The fourth-order valence-electron chi connectivity index (χ4n) is 1.34. The predicted octanol–water partition coefficient (Wildman–Crippen LogP) is 2.22. The Kier molecular flexibility index (Phi) is 4.40. The summed E-state index contributed by atoms with van der Waals surface area (Å²) in [5.74, 6) is -2.01. The fourth-order valence-corrected chi connectivity index (χ4v) is 2.66. The lowest BCUT2D eigenvalue weighted by molar-refractivity contribution is 0.101. The number of rotatable bonds is 5. The highest BCUT2D eigenvalue weighted by Gasteiger charge is 2.24. The largest absolute Gasteiger partial charge is 0.293 e. The first-order chi connectivity index (χ1) is 7.88. The predicted molar refractivity (Wildman–Crippen MR) is 64.3 cm³/mol. The molecule has 1 rings (SSSR count). The molecule has 0 heterocycles. The number of carbonyl (C=O) groups excluding carboxylic acids is 1. The SMILES string of the molecule is CCC(C)S(=O)(=O)CC(=O)c1ccccc1F. The fraction of sp³-hybridized carbons (Fsp3) is 0.417. The molecule has 5 heteroatoms. The molecule has 0 spiro atoms. The highest BCUT2D eigenvalue weighted by Crippen LogP contribution is 2.12. The van der Waals surface area contributed by atoms with Crippen molar-refractivity contribution in [3.63, 3.8) is 0 Å². The van der Waals surface area contributed by atoms with Crippen LogP contribution in [0.1, 0.15) is 30.6 Å². The van der Waals surface area contributed by atoms with Crippen LogP contribution in [0.15, 0.2) is 24.3 Å². The van der Waals surface area contributed by atoms with E-state index in [2.05, 4.69) is 0 Å². The average molecular weight is 258 g/mol. The zero-order valence-corrected chi connectivity index (χ0v) is 10.6. The van der Waals surface area contributed by atoms with Gasteiger partial charge in [-0.15, -0.1) is 0 Å². The van der Waals surface area contributed by atoms with Gasteiger partial charge in [0.1, 0.15) is 11.6 Å². The highest BCUT2D eigenvalue weighted by molar-refractivity contribution is 7.92. The number of hydrogen-bond donors (Lipinski definition) is 0. The van der Waals surface area contributed by atoms with Crippen LogP contribution in [0.3, 0.4) is 0 Å². The molecule has 0 fully saturated rings. The molecular weight excluding hydrogens is 243 g/mol. The van der Waals surface area contributed by atoms with Crippen LogP contribution in [0.4, 0.5) is 4.39 Å². The molecule has 1 aromatic rings. The lowest BCUT2D eigenvalue weighted by Crippen LogP contribution is -2.25. The topological polar surface area (TPSA) is 51.2 Å². The first-order valence-corrected chi connectivity index (χ1v) is 7.09. The number of carbonyl (C=O) groups is 1. The number of hydrogen-bond acceptors (Lipinski definition) is 3. The smallest absolute Gasteiger partial charge is 0.180 e. The molecule has 0 radical (unpaired) electrons. The van der Waals surface area contributed by atoms with E-state index in [1.807, 2.05) is 0 Å². The van der Waals surface area contributed by atoms with E-state index in [0.717, 1.165) is 6.07 Å². The lowest BCUT2D eigenvalue weighted by Gasteiger charge is -2.09. The maximum atomic E-state index is 13.3. The third-order valence-electron chi connectivity index (χ3n) is 2.69. The highest BCUT2D eigenvalue weighted by atomic mass is 32.2. The molecule has 0 bridgehead atoms. The van der Waals surface area contributed by atoms with Crippen LogP contribution in [0.2, 0.25) is 0 Å². The van der Waals surface area contributed by atoms with E-state index in [1.54, 1.807) is 13.8 Å². The maximum absolute atomic E-state index is 13.3. The molecule has 1 atom stereocenters. The number of ketones is 1. The van der Waals surface area contributed by atoms with Gasteiger partial charge in [-0.25, -0.2) is 12.8 Å². The van der Waals surface area contributed by atoms with Gasteiger partial charge in [0.2, 0.25) is 0 Å². The Bertz CT molecular complexity index is 508. The van der Waals surface area contributed by atoms with E-state index < -0.39 is 32.4 Å². The van der Waals surface area contributed by atoms with Crippen LogP contribution in [0.5, 0.6) is 0 Å². The standard InChI is InChI=1S/C12H15FO3S/c1-3-9(2)17(15,16)8-12(14)10-6-4-5-7-11(10)13/h4-7,9H,3,8H2,1-2H3. The Labute approximate surface area is 101 Å². The molecule has 0 aliphatic rings. The summed E-state index contributed by atoms with van der Waals surface area (Å²) in [6, 6.07) is 5.40. The van der Waals surface area contributed by atoms with E-state index >= 15 is 0 Å². The molecule has 0 N–H and O–H groups in total. The molecule has 3 nitrogen and oxygen atoms in total. The molecule has 94 valence electrons. The van der Waals surface area contributed by atoms with Gasteiger partial charge in [-0.2, -0.15) is 0 Å². The van der Waals surface area contributed by atoms with Crippen molar-refractivity contribution in [1.29, 1.82) is 0 Å². The molecule has 17 heavy (non-hydrogen) atoms. The van der Waals surface area contributed by atoms with E-state index in [4.69, 9.17) is 0 Å². The molecule has 0 saturated carbocycles. The molecule has 1 aromatic carbocycles. The monoisotopic (exact) mass is 258 g/mol. The summed E-state index contributed by atoms with van der Waals surface area (Å²) in [6.45, 7) is 3.28. The summed E-state index contributed by atoms with van der Waals surface area (Å²) >= 11 is 0. The Hall–Kier alpha value is -1.23. The van der Waals surface area contributed by atoms with Crippen LogP contribution >= 0.6 is 0 Å². The second kappa shape index (κ2) is 5.40. The number of Topliss-reactive ketones (excluding diaryl/α,β-unsaturated/α-hetero) is 1. The zero-order valence-electron chi connectivity index (χ0n) is 9.81. The molecule has 0 amide bonds. The first kappa shape index (κ1) is 13.8. The van der Waals surface area contributed by atoms with Gasteiger partial charge < -0.3 is 0 Å². The second-order valence-electron chi connectivity index (χ2n) is 3.93. The van der Waals surface area contributed by atoms with Crippen molar-refractivity contribution in [2.24, 2.45) is 0 Å². The van der Waals surface area contributed by atoms with E-state index in [-0.39, 0.29) is 5.56 Å². The van der Waals surface area contributed by atoms with Crippen molar-refractivity contribution in [2.45, 2.75) is 25.5 Å². The van der Waals surface area contributed by atoms with E-state index in [1.165, 1.54) is 18.2 Å². The van der Waals surface area contributed by atoms with Gasteiger partial charge in [0, 0.05) is 0 Å². The van der Waals surface area contributed by atoms with Crippen molar-refractivity contribution < 1.29 is 17.6 Å². The summed E-state index contributed by atoms with van der Waals surface area (Å²) in [4.78, 5) is 11.7. The Morgan fingerprint density at radius 1 is 1.35 bits per heavy atom. The Morgan fingerprint density at radius 2 is 1.94 bits per heavy atom. The van der Waals surface area contributed by atoms with Gasteiger partial charge in [0.15, 0.2) is 15.6 Å². The van der Waals surface area contributed by atoms with Crippen LogP contribution in [-0.2, 0) is 9.84 Å². The van der Waals surface area contributed by atoms with Crippen molar-refractivity contribution in [3.8, 4) is 0 Å². The molecule has 0 aromatic heterocycles. The van der Waals surface area contributed by atoms with E-state index in [0.29, 0.717) is 6.42 Å². The normalized spacial score (nSPS) is 13.4. The molecule has 0 aliphatic heterocycles. The number of sulfone groups is 1. The van der Waals surface area contributed by atoms with Crippen molar-refractivity contribution in [1.82, 2.24) is 0 Å². The summed E-state index contributed by atoms with van der Waals surface area (Å²) in [5, 5.41) is -0.585. The Balaban J connectivity index is 2.92. The quantitative estimate of drug-likeness (QED) is 0.761. The van der Waals surface area contributed by atoms with Crippen LogP contribution in [0.25, 0.3) is 0 Å². The van der Waals surface area contributed by atoms with Gasteiger partial charge in [-0.3, -0.25) is 4.79 Å². The zero-order chi connectivity index (χ0) is 13.1. The van der Waals surface area contributed by atoms with E-state index in [9.17, 15) is 17.6 Å². The van der Waals surface area contributed by atoms with Gasteiger partial charge in [0.05, 0.1) is 10.8 Å². The summed E-state index contributed by atoms with van der Waals surface area (Å²) in [7, 11) is -3.49. The summed E-state index contributed by atoms with van der Waals surface area (Å²) in [6.07, 6.45) is 0.437. The van der Waals surface area contributed by atoms with Gasteiger partial charge in [-0.05, 0) is 25.5 Å². The van der Waals surface area contributed by atoms with Crippen LogP contribution in [0, 0.1) is 5.82 Å². The minimum atomic E-state index is -3.49. The Morgan fingerprint density at radius 3 is 2.47 bits per heavy atom. The molecule has 0 saturated heterocycles. The first-order valence-electron chi connectivity index (χ1n) is 5.37. The van der Waals surface area contributed by atoms with Gasteiger partial charge in [0.25, 0.3) is 0 Å². The molecular formula is C12H15FO3S. The van der Waals surface area contributed by atoms with Crippen LogP contribution < -0.4 is 0 Å².